The van der Waals surface area contributed by atoms with Gasteiger partial charge in [0.1, 0.15) is 0 Å². The van der Waals surface area contributed by atoms with Crippen molar-refractivity contribution in [2.75, 3.05) is 0 Å². The minimum absolute atomic E-state index is 0.512. The Kier molecular flexibility index (Phi) is 4.53. The monoisotopic (exact) mass is 273 g/mol. The maximum absolute atomic E-state index is 8.74. The number of rotatable bonds is 5. The highest BCUT2D eigenvalue weighted by Gasteiger charge is 2.08. The zero-order valence-electron chi connectivity index (χ0n) is 10.9. The van der Waals surface area contributed by atoms with Gasteiger partial charge in [-0.25, -0.2) is 4.68 Å². The quantitative estimate of drug-likeness (QED) is 0.783. The number of tetrazole rings is 1. The van der Waals surface area contributed by atoms with Crippen molar-refractivity contribution in [1.29, 1.82) is 5.26 Å². The zero-order valence-corrected chi connectivity index (χ0v) is 11.8. The van der Waals surface area contributed by atoms with E-state index in [0.717, 1.165) is 23.0 Å². The first-order chi connectivity index (χ1) is 9.19. The summed E-state index contributed by atoms with van der Waals surface area (Å²) in [6, 6.07) is 9.68. The van der Waals surface area contributed by atoms with Crippen LogP contribution in [0.15, 0.2) is 29.4 Å². The highest BCUT2D eigenvalue weighted by molar-refractivity contribution is 7.98. The van der Waals surface area contributed by atoms with Gasteiger partial charge < -0.3 is 0 Å². The topological polar surface area (TPSA) is 67.4 Å². The van der Waals surface area contributed by atoms with E-state index in [1.54, 1.807) is 11.8 Å². The van der Waals surface area contributed by atoms with E-state index in [2.05, 4.69) is 35.4 Å². The van der Waals surface area contributed by atoms with Crippen molar-refractivity contribution in [3.8, 4) is 6.07 Å². The molecule has 0 saturated carbocycles. The van der Waals surface area contributed by atoms with Gasteiger partial charge in [-0.15, -0.1) is 5.10 Å². The summed E-state index contributed by atoms with van der Waals surface area (Å²) in [5, 5.41) is 21.3. The number of thioether (sulfide) groups is 1. The van der Waals surface area contributed by atoms with Crippen LogP contribution in [0.1, 0.15) is 25.0 Å². The van der Waals surface area contributed by atoms with Crippen LogP contribution in [0.2, 0.25) is 0 Å². The lowest BCUT2D eigenvalue weighted by Crippen LogP contribution is -2.07. The van der Waals surface area contributed by atoms with Gasteiger partial charge in [-0.2, -0.15) is 5.26 Å². The van der Waals surface area contributed by atoms with Crippen LogP contribution in [0, 0.1) is 17.2 Å². The molecule has 19 heavy (non-hydrogen) atoms. The molecule has 0 aliphatic rings. The van der Waals surface area contributed by atoms with Crippen LogP contribution in [0.5, 0.6) is 0 Å². The summed E-state index contributed by atoms with van der Waals surface area (Å²) in [6.07, 6.45) is 0. The van der Waals surface area contributed by atoms with E-state index in [0.29, 0.717) is 11.5 Å². The van der Waals surface area contributed by atoms with Crippen LogP contribution >= 0.6 is 11.8 Å². The van der Waals surface area contributed by atoms with Crippen LogP contribution in [0.3, 0.4) is 0 Å². The summed E-state index contributed by atoms with van der Waals surface area (Å²) >= 11 is 1.61. The van der Waals surface area contributed by atoms with Crippen LogP contribution in [-0.4, -0.2) is 20.2 Å². The molecule has 0 saturated heterocycles. The Morgan fingerprint density at radius 1 is 1.32 bits per heavy atom. The van der Waals surface area contributed by atoms with E-state index in [4.69, 9.17) is 5.26 Å². The van der Waals surface area contributed by atoms with E-state index >= 15 is 0 Å². The molecule has 0 radical (unpaired) electrons. The highest BCUT2D eigenvalue weighted by atomic mass is 32.2. The average molecular weight is 273 g/mol. The molecule has 0 bridgehead atoms. The fraction of sp³-hybridized carbons (Fsp3) is 0.385. The smallest absolute Gasteiger partial charge is 0.209 e. The van der Waals surface area contributed by atoms with Gasteiger partial charge in [0.25, 0.3) is 0 Å². The van der Waals surface area contributed by atoms with E-state index in [-0.39, 0.29) is 0 Å². The van der Waals surface area contributed by atoms with Gasteiger partial charge in [0.15, 0.2) is 0 Å². The molecule has 0 N–H and O–H groups in total. The van der Waals surface area contributed by atoms with E-state index < -0.39 is 0 Å². The first-order valence-corrected chi connectivity index (χ1v) is 7.05. The number of nitriles is 1. The SMILES string of the molecule is CC(C)Cn1nnnc1SCc1ccc(C#N)cc1. The molecule has 0 spiro atoms. The minimum Gasteiger partial charge on any atom is -0.220 e. The summed E-state index contributed by atoms with van der Waals surface area (Å²) in [6.45, 7) is 5.09. The molecule has 6 heteroatoms. The van der Waals surface area contributed by atoms with Gasteiger partial charge in [0.2, 0.25) is 5.16 Å². The summed E-state index contributed by atoms with van der Waals surface area (Å²) in [4.78, 5) is 0. The Morgan fingerprint density at radius 3 is 2.68 bits per heavy atom. The minimum atomic E-state index is 0.512. The predicted molar refractivity (Wildman–Crippen MR) is 73.4 cm³/mol. The molecule has 0 aliphatic heterocycles. The second-order valence-electron chi connectivity index (χ2n) is 4.63. The maximum atomic E-state index is 8.74. The van der Waals surface area contributed by atoms with Crippen molar-refractivity contribution in [3.05, 3.63) is 35.4 Å². The molecule has 1 heterocycles. The molecule has 0 fully saturated rings. The second kappa shape index (κ2) is 6.34. The maximum Gasteiger partial charge on any atom is 0.209 e. The summed E-state index contributed by atoms with van der Waals surface area (Å²) in [5.41, 5.74) is 1.83. The number of hydrogen-bond acceptors (Lipinski definition) is 5. The molecular formula is C13H15N5S. The molecule has 0 unspecified atom stereocenters. The lowest BCUT2D eigenvalue weighted by molar-refractivity contribution is 0.446. The van der Waals surface area contributed by atoms with Crippen molar-refractivity contribution in [2.24, 2.45) is 5.92 Å². The molecule has 2 aromatic rings. The lowest BCUT2D eigenvalue weighted by Gasteiger charge is -2.06. The van der Waals surface area contributed by atoms with Crippen LogP contribution < -0.4 is 0 Å². The summed E-state index contributed by atoms with van der Waals surface area (Å²) in [7, 11) is 0. The third-order valence-electron chi connectivity index (χ3n) is 2.49. The largest absolute Gasteiger partial charge is 0.220 e. The van der Waals surface area contributed by atoms with E-state index in [9.17, 15) is 0 Å². The molecule has 5 nitrogen and oxygen atoms in total. The Bertz CT molecular complexity index is 567. The Hall–Kier alpha value is -1.87. The molecule has 0 aliphatic carbocycles. The Balaban J connectivity index is 1.98. The van der Waals surface area contributed by atoms with Crippen molar-refractivity contribution in [2.45, 2.75) is 31.3 Å². The third kappa shape index (κ3) is 3.80. The molecule has 0 amide bonds. The van der Waals surface area contributed by atoms with Gasteiger partial charge in [-0.1, -0.05) is 37.7 Å². The van der Waals surface area contributed by atoms with Crippen molar-refractivity contribution in [3.63, 3.8) is 0 Å². The number of benzene rings is 1. The second-order valence-corrected chi connectivity index (χ2v) is 5.58. The third-order valence-corrected chi connectivity index (χ3v) is 3.52. The molecule has 2 rings (SSSR count). The van der Waals surface area contributed by atoms with Crippen molar-refractivity contribution >= 4 is 11.8 Å². The lowest BCUT2D eigenvalue weighted by atomic mass is 10.2. The van der Waals surface area contributed by atoms with Crippen molar-refractivity contribution in [1.82, 2.24) is 20.2 Å². The normalized spacial score (nSPS) is 10.6. The van der Waals surface area contributed by atoms with E-state index in [1.165, 1.54) is 0 Å². The standard InChI is InChI=1S/C13H15N5S/c1-10(2)8-18-13(15-16-17-18)19-9-12-5-3-11(7-14)4-6-12/h3-6,10H,8-9H2,1-2H3. The van der Waals surface area contributed by atoms with Gasteiger partial charge >= 0.3 is 0 Å². The molecule has 1 aromatic carbocycles. The zero-order chi connectivity index (χ0) is 13.7. The van der Waals surface area contributed by atoms with Crippen LogP contribution in [0.4, 0.5) is 0 Å². The fourth-order valence-electron chi connectivity index (χ4n) is 1.58. The fourth-order valence-corrected chi connectivity index (χ4v) is 2.43. The molecule has 0 atom stereocenters. The van der Waals surface area contributed by atoms with Gasteiger partial charge in [-0.3, -0.25) is 0 Å². The van der Waals surface area contributed by atoms with Gasteiger partial charge in [-0.05, 0) is 34.0 Å². The van der Waals surface area contributed by atoms with Crippen molar-refractivity contribution < 1.29 is 0 Å². The first-order valence-electron chi connectivity index (χ1n) is 6.07. The Morgan fingerprint density at radius 2 is 2.05 bits per heavy atom. The van der Waals surface area contributed by atoms with Gasteiger partial charge in [0, 0.05) is 12.3 Å². The number of hydrogen-bond donors (Lipinski definition) is 0. The first kappa shape index (κ1) is 13.6. The van der Waals surface area contributed by atoms with Crippen LogP contribution in [-0.2, 0) is 12.3 Å². The summed E-state index contributed by atoms with van der Waals surface area (Å²) < 4.78 is 1.83. The predicted octanol–water partition coefficient (Wildman–Crippen LogP) is 2.49. The van der Waals surface area contributed by atoms with E-state index in [1.807, 2.05) is 28.9 Å². The Labute approximate surface area is 116 Å². The molecule has 98 valence electrons. The van der Waals surface area contributed by atoms with Crippen LogP contribution in [0.25, 0.3) is 0 Å². The highest BCUT2D eigenvalue weighted by Crippen LogP contribution is 2.20. The molecule has 1 aromatic heterocycles. The molecular weight excluding hydrogens is 258 g/mol. The average Bonchev–Trinajstić information content (AvgIpc) is 2.83. The number of aromatic nitrogens is 4. The van der Waals surface area contributed by atoms with Gasteiger partial charge in [0.05, 0.1) is 11.6 Å². The number of nitrogens with zero attached hydrogens (tertiary/aromatic N) is 5. The summed E-state index contributed by atoms with van der Waals surface area (Å²) in [5.74, 6) is 1.31.